The van der Waals surface area contributed by atoms with E-state index in [0.29, 0.717) is 22.2 Å². The van der Waals surface area contributed by atoms with Gasteiger partial charge in [-0.2, -0.15) is 18.3 Å². The van der Waals surface area contributed by atoms with Crippen LogP contribution in [0.4, 0.5) is 13.2 Å². The smallest absolute Gasteiger partial charge is 0.416 e. The van der Waals surface area contributed by atoms with Gasteiger partial charge in [0.2, 0.25) is 0 Å². The van der Waals surface area contributed by atoms with E-state index in [0.717, 1.165) is 12.1 Å². The third-order valence-electron chi connectivity index (χ3n) is 3.50. The van der Waals surface area contributed by atoms with E-state index in [2.05, 4.69) is 5.10 Å². The van der Waals surface area contributed by atoms with Gasteiger partial charge in [0.1, 0.15) is 0 Å². The second-order valence-electron chi connectivity index (χ2n) is 5.10. The van der Waals surface area contributed by atoms with Crippen molar-refractivity contribution in [1.29, 1.82) is 0 Å². The van der Waals surface area contributed by atoms with Gasteiger partial charge in [-0.05, 0) is 43.3 Å². The summed E-state index contributed by atoms with van der Waals surface area (Å²) in [5.74, 6) is -0.453. The Kier molecular flexibility index (Phi) is 4.01. The molecule has 3 aromatic rings. The first-order chi connectivity index (χ1) is 11.4. The van der Waals surface area contributed by atoms with Crippen LogP contribution in [0.3, 0.4) is 0 Å². The number of nitrogens with zero attached hydrogens (tertiary/aromatic N) is 2. The monoisotopic (exact) mass is 334 g/mol. The molecule has 1 aromatic heterocycles. The highest BCUT2D eigenvalue weighted by Gasteiger charge is 2.30. The molecule has 4 nitrogen and oxygen atoms in total. The molecule has 124 valence electrons. The van der Waals surface area contributed by atoms with Gasteiger partial charge in [-0.3, -0.25) is 0 Å². The molecule has 3 rings (SSSR count). The lowest BCUT2D eigenvalue weighted by Crippen LogP contribution is -2.06. The van der Waals surface area contributed by atoms with E-state index >= 15 is 0 Å². The van der Waals surface area contributed by atoms with Crippen molar-refractivity contribution >= 4 is 16.9 Å². The Hall–Kier alpha value is -2.83. The molecule has 1 heterocycles. The number of rotatable bonds is 3. The highest BCUT2D eigenvalue weighted by Crippen LogP contribution is 2.31. The first-order valence-corrected chi connectivity index (χ1v) is 7.22. The lowest BCUT2D eigenvalue weighted by Gasteiger charge is -2.09. The summed E-state index contributed by atoms with van der Waals surface area (Å²) in [6, 6.07) is 9.71. The zero-order chi connectivity index (χ0) is 17.3. The SMILES string of the molecule is CCOC(=O)c1ccc2c(cnn2-c2cccc(C(F)(F)F)c2)c1. The van der Waals surface area contributed by atoms with Gasteiger partial charge in [0.25, 0.3) is 0 Å². The van der Waals surface area contributed by atoms with Crippen LogP contribution in [0.2, 0.25) is 0 Å². The normalized spacial score (nSPS) is 11.7. The van der Waals surface area contributed by atoms with Crippen LogP contribution in [0, 0.1) is 0 Å². The minimum Gasteiger partial charge on any atom is -0.462 e. The fraction of sp³-hybridized carbons (Fsp3) is 0.176. The Morgan fingerprint density at radius 2 is 2.00 bits per heavy atom. The van der Waals surface area contributed by atoms with Crippen molar-refractivity contribution < 1.29 is 22.7 Å². The van der Waals surface area contributed by atoms with E-state index in [9.17, 15) is 18.0 Å². The van der Waals surface area contributed by atoms with Crippen molar-refractivity contribution in [1.82, 2.24) is 9.78 Å². The lowest BCUT2D eigenvalue weighted by atomic mass is 10.1. The molecule has 0 aliphatic carbocycles. The Labute approximate surface area is 135 Å². The largest absolute Gasteiger partial charge is 0.462 e. The molecule has 0 spiro atoms. The number of esters is 1. The molecule has 0 N–H and O–H groups in total. The first kappa shape index (κ1) is 16.0. The number of carbonyl (C=O) groups excluding carboxylic acids is 1. The summed E-state index contributed by atoms with van der Waals surface area (Å²) < 4.78 is 44.9. The van der Waals surface area contributed by atoms with Crippen molar-refractivity contribution in [2.75, 3.05) is 6.61 Å². The van der Waals surface area contributed by atoms with E-state index in [1.54, 1.807) is 31.2 Å². The van der Waals surface area contributed by atoms with Crippen LogP contribution in [0.5, 0.6) is 0 Å². The molecule has 0 bridgehead atoms. The molecule has 0 atom stereocenters. The van der Waals surface area contributed by atoms with Crippen LogP contribution >= 0.6 is 0 Å². The van der Waals surface area contributed by atoms with Gasteiger partial charge in [-0.25, -0.2) is 9.48 Å². The number of aromatic nitrogens is 2. The van der Waals surface area contributed by atoms with Gasteiger partial charge < -0.3 is 4.74 Å². The lowest BCUT2D eigenvalue weighted by molar-refractivity contribution is -0.137. The Balaban J connectivity index is 2.04. The molecule has 0 radical (unpaired) electrons. The number of halogens is 3. The molecule has 0 amide bonds. The van der Waals surface area contributed by atoms with Gasteiger partial charge in [0.05, 0.1) is 35.1 Å². The number of benzene rings is 2. The summed E-state index contributed by atoms with van der Waals surface area (Å²) in [5, 5.41) is 4.77. The Morgan fingerprint density at radius 3 is 2.71 bits per heavy atom. The summed E-state index contributed by atoms with van der Waals surface area (Å²) >= 11 is 0. The number of fused-ring (bicyclic) bond motifs is 1. The molecule has 2 aromatic carbocycles. The van der Waals surface area contributed by atoms with Gasteiger partial charge in [-0.15, -0.1) is 0 Å². The molecule has 0 saturated heterocycles. The summed E-state index contributed by atoms with van der Waals surface area (Å²) in [7, 11) is 0. The maximum absolute atomic E-state index is 12.9. The third kappa shape index (κ3) is 2.97. The molecular weight excluding hydrogens is 321 g/mol. The molecule has 0 aliphatic rings. The summed E-state index contributed by atoms with van der Waals surface area (Å²) in [6.07, 6.45) is -2.92. The molecule has 7 heteroatoms. The van der Waals surface area contributed by atoms with Crippen molar-refractivity contribution in [3.8, 4) is 5.69 Å². The topological polar surface area (TPSA) is 44.1 Å². The van der Waals surface area contributed by atoms with E-state index in [1.165, 1.54) is 16.9 Å². The highest BCUT2D eigenvalue weighted by atomic mass is 19.4. The molecule has 0 fully saturated rings. The standard InChI is InChI=1S/C17H13F3N2O2/c1-2-24-16(23)11-6-7-15-12(8-11)10-21-22(15)14-5-3-4-13(9-14)17(18,19)20/h3-10H,2H2,1H3. The molecular formula is C17H13F3N2O2. The second-order valence-corrected chi connectivity index (χ2v) is 5.10. The van der Waals surface area contributed by atoms with Crippen LogP contribution in [-0.2, 0) is 10.9 Å². The van der Waals surface area contributed by atoms with Gasteiger partial charge in [0, 0.05) is 5.39 Å². The number of ether oxygens (including phenoxy) is 1. The van der Waals surface area contributed by atoms with Crippen LogP contribution in [0.1, 0.15) is 22.8 Å². The van der Waals surface area contributed by atoms with Crippen LogP contribution in [0.15, 0.2) is 48.7 Å². The molecule has 24 heavy (non-hydrogen) atoms. The highest BCUT2D eigenvalue weighted by molar-refractivity contribution is 5.94. The van der Waals surface area contributed by atoms with Crippen molar-refractivity contribution in [2.45, 2.75) is 13.1 Å². The van der Waals surface area contributed by atoms with Gasteiger partial charge in [0.15, 0.2) is 0 Å². The van der Waals surface area contributed by atoms with E-state index in [4.69, 9.17) is 4.74 Å². The number of alkyl halides is 3. The minimum atomic E-state index is -4.42. The van der Waals surface area contributed by atoms with Crippen LogP contribution in [-0.4, -0.2) is 22.4 Å². The van der Waals surface area contributed by atoms with Crippen molar-refractivity contribution in [2.24, 2.45) is 0 Å². The first-order valence-electron chi connectivity index (χ1n) is 7.22. The quantitative estimate of drug-likeness (QED) is 0.674. The minimum absolute atomic E-state index is 0.264. The van der Waals surface area contributed by atoms with E-state index in [1.807, 2.05) is 0 Å². The maximum atomic E-state index is 12.9. The average molecular weight is 334 g/mol. The molecule has 0 saturated carbocycles. The predicted molar refractivity (Wildman–Crippen MR) is 82.0 cm³/mol. The van der Waals surface area contributed by atoms with Crippen LogP contribution in [0.25, 0.3) is 16.6 Å². The fourth-order valence-corrected chi connectivity index (χ4v) is 2.39. The van der Waals surface area contributed by atoms with E-state index in [-0.39, 0.29) is 6.61 Å². The summed E-state index contributed by atoms with van der Waals surface area (Å²) in [5.41, 5.74) is 0.519. The fourth-order valence-electron chi connectivity index (χ4n) is 2.39. The predicted octanol–water partition coefficient (Wildman–Crippen LogP) is 4.22. The maximum Gasteiger partial charge on any atom is 0.416 e. The summed E-state index contributed by atoms with van der Waals surface area (Å²) in [4.78, 5) is 11.7. The van der Waals surface area contributed by atoms with Crippen molar-refractivity contribution in [3.63, 3.8) is 0 Å². The van der Waals surface area contributed by atoms with Gasteiger partial charge in [-0.1, -0.05) is 6.07 Å². The Bertz CT molecular complexity index is 900. The number of hydrogen-bond acceptors (Lipinski definition) is 3. The number of carbonyl (C=O) groups is 1. The van der Waals surface area contributed by atoms with Crippen molar-refractivity contribution in [3.05, 3.63) is 59.8 Å². The Morgan fingerprint density at radius 1 is 1.21 bits per heavy atom. The second kappa shape index (κ2) is 5.99. The van der Waals surface area contributed by atoms with E-state index < -0.39 is 17.7 Å². The average Bonchev–Trinajstić information content (AvgIpc) is 2.97. The molecule has 0 aliphatic heterocycles. The number of hydrogen-bond donors (Lipinski definition) is 0. The summed E-state index contributed by atoms with van der Waals surface area (Å²) in [6.45, 7) is 1.97. The molecule has 0 unspecified atom stereocenters. The third-order valence-corrected chi connectivity index (χ3v) is 3.50. The van der Waals surface area contributed by atoms with Crippen LogP contribution < -0.4 is 0 Å². The zero-order valence-corrected chi connectivity index (χ0v) is 12.7. The van der Waals surface area contributed by atoms with Gasteiger partial charge >= 0.3 is 12.1 Å². The zero-order valence-electron chi connectivity index (χ0n) is 12.7.